The van der Waals surface area contributed by atoms with Crippen molar-refractivity contribution in [1.82, 2.24) is 10.2 Å². The van der Waals surface area contributed by atoms with Crippen molar-refractivity contribution in [3.63, 3.8) is 0 Å². The van der Waals surface area contributed by atoms with Crippen molar-refractivity contribution in [2.75, 3.05) is 50.6 Å². The number of amides is 1. The number of rotatable bonds is 5. The molecule has 0 spiro atoms. The highest BCUT2D eigenvalue weighted by atomic mass is 35.5. The molecule has 0 unspecified atom stereocenters. The normalized spacial score (nSPS) is 13.8. The molecule has 11 heteroatoms. The topological polar surface area (TPSA) is 87.0 Å². The monoisotopic (exact) mass is 546 g/mol. The highest BCUT2D eigenvalue weighted by molar-refractivity contribution is 7.80. The van der Waals surface area contributed by atoms with Gasteiger partial charge in [0.1, 0.15) is 5.76 Å². The third-order valence-corrected chi connectivity index (χ3v) is 6.53. The average Bonchev–Trinajstić information content (AvgIpc) is 3.36. The molecule has 8 nitrogen and oxygen atoms in total. The van der Waals surface area contributed by atoms with Crippen LogP contribution in [0, 0.1) is 0 Å². The van der Waals surface area contributed by atoms with Crippen LogP contribution in [0.2, 0.25) is 10.0 Å². The predicted octanol–water partition coefficient (Wildman–Crippen LogP) is 4.92. The molecule has 1 amide bonds. The van der Waals surface area contributed by atoms with Gasteiger partial charge in [0.15, 0.2) is 10.9 Å². The van der Waals surface area contributed by atoms with Crippen LogP contribution in [0.15, 0.2) is 52.9 Å². The van der Waals surface area contributed by atoms with Crippen LogP contribution in [0.5, 0.6) is 0 Å². The molecular weight excluding hydrogens is 523 g/mol. The lowest BCUT2D eigenvalue weighted by atomic mass is 10.1. The number of furan rings is 1. The Kier molecular flexibility index (Phi) is 8.15. The van der Waals surface area contributed by atoms with Gasteiger partial charge in [-0.2, -0.15) is 0 Å². The number of thiocarbonyl (C=S) groups is 1. The lowest BCUT2D eigenvalue weighted by Crippen LogP contribution is -2.45. The summed E-state index contributed by atoms with van der Waals surface area (Å²) in [7, 11) is 3.39. The molecule has 0 aliphatic carbocycles. The number of hydrogen-bond acceptors (Lipinski definition) is 7. The van der Waals surface area contributed by atoms with E-state index in [4.69, 9.17) is 44.6 Å². The minimum atomic E-state index is -0.540. The number of nitrogens with one attached hydrogen (secondary N) is 2. The van der Waals surface area contributed by atoms with E-state index in [-0.39, 0.29) is 10.9 Å². The van der Waals surface area contributed by atoms with Gasteiger partial charge in [0.25, 0.3) is 5.91 Å². The summed E-state index contributed by atoms with van der Waals surface area (Å²) in [5, 5.41) is 6.66. The second-order valence-corrected chi connectivity index (χ2v) is 9.46. The molecule has 1 aliphatic heterocycles. The van der Waals surface area contributed by atoms with Gasteiger partial charge >= 0.3 is 5.97 Å². The third-order valence-electron chi connectivity index (χ3n) is 5.76. The number of hydrogen-bond donors (Lipinski definition) is 2. The molecule has 188 valence electrons. The summed E-state index contributed by atoms with van der Waals surface area (Å²) in [5.41, 5.74) is 2.38. The van der Waals surface area contributed by atoms with Crippen molar-refractivity contribution in [2.24, 2.45) is 0 Å². The zero-order chi connectivity index (χ0) is 25.8. The summed E-state index contributed by atoms with van der Waals surface area (Å²) >= 11 is 17.7. The maximum Gasteiger partial charge on any atom is 0.337 e. The van der Waals surface area contributed by atoms with E-state index >= 15 is 0 Å². The third kappa shape index (κ3) is 5.99. The number of esters is 1. The van der Waals surface area contributed by atoms with E-state index in [1.807, 2.05) is 6.07 Å². The van der Waals surface area contributed by atoms with Crippen LogP contribution in [-0.2, 0) is 4.74 Å². The Morgan fingerprint density at radius 2 is 1.78 bits per heavy atom. The van der Waals surface area contributed by atoms with Crippen LogP contribution in [0.1, 0.15) is 20.9 Å². The molecule has 0 saturated carbocycles. The Bertz CT molecular complexity index is 1300. The summed E-state index contributed by atoms with van der Waals surface area (Å²) in [6.45, 7) is 3.42. The number of ether oxygens (including phenoxy) is 1. The molecule has 0 radical (unpaired) electrons. The molecule has 2 N–H and O–H groups in total. The molecule has 1 saturated heterocycles. The van der Waals surface area contributed by atoms with Gasteiger partial charge in [-0.25, -0.2) is 4.79 Å². The van der Waals surface area contributed by atoms with Crippen LogP contribution in [0.25, 0.3) is 11.3 Å². The smallest absolute Gasteiger partial charge is 0.337 e. The molecule has 2 heterocycles. The molecule has 3 aromatic rings. The van der Waals surface area contributed by atoms with Crippen LogP contribution in [0.4, 0.5) is 11.4 Å². The van der Waals surface area contributed by atoms with Gasteiger partial charge in [0.05, 0.1) is 29.1 Å². The summed E-state index contributed by atoms with van der Waals surface area (Å²) in [6, 6.07) is 13.3. The maximum absolute atomic E-state index is 12.8. The Balaban J connectivity index is 1.50. The fourth-order valence-electron chi connectivity index (χ4n) is 3.81. The van der Waals surface area contributed by atoms with Gasteiger partial charge < -0.3 is 24.3 Å². The lowest BCUT2D eigenvalue weighted by Gasteiger charge is -2.35. The number of anilines is 2. The van der Waals surface area contributed by atoms with Crippen LogP contribution in [0.3, 0.4) is 0 Å². The molecule has 36 heavy (non-hydrogen) atoms. The Labute approximate surface area is 224 Å². The summed E-state index contributed by atoms with van der Waals surface area (Å²) in [6.07, 6.45) is 0. The molecule has 4 rings (SSSR count). The Morgan fingerprint density at radius 1 is 1.03 bits per heavy atom. The Hall–Kier alpha value is -3.11. The maximum atomic E-state index is 12.8. The van der Waals surface area contributed by atoms with E-state index in [0.29, 0.717) is 32.6 Å². The van der Waals surface area contributed by atoms with Crippen molar-refractivity contribution in [1.29, 1.82) is 0 Å². The highest BCUT2D eigenvalue weighted by Gasteiger charge is 2.21. The number of benzene rings is 2. The van der Waals surface area contributed by atoms with Crippen LogP contribution in [-0.4, -0.2) is 62.2 Å². The zero-order valence-corrected chi connectivity index (χ0v) is 22.0. The van der Waals surface area contributed by atoms with Gasteiger partial charge in [-0.1, -0.05) is 23.2 Å². The first-order valence-corrected chi connectivity index (χ1v) is 12.2. The fraction of sp³-hybridized carbons (Fsp3) is 0.240. The Morgan fingerprint density at radius 3 is 2.50 bits per heavy atom. The van der Waals surface area contributed by atoms with Crippen molar-refractivity contribution >= 4 is 63.8 Å². The van der Waals surface area contributed by atoms with E-state index < -0.39 is 11.9 Å². The number of carbonyl (C=O) groups excluding carboxylic acids is 2. The fourth-order valence-corrected chi connectivity index (χ4v) is 4.40. The van der Waals surface area contributed by atoms with Gasteiger partial charge in [-0.3, -0.25) is 10.1 Å². The number of nitrogens with zero attached hydrogens (tertiary/aromatic N) is 2. The second kappa shape index (κ2) is 11.3. The van der Waals surface area contributed by atoms with Gasteiger partial charge in [-0.05, 0) is 67.8 Å². The predicted molar refractivity (Wildman–Crippen MR) is 145 cm³/mol. The van der Waals surface area contributed by atoms with Gasteiger partial charge in [0.2, 0.25) is 0 Å². The molecule has 0 atom stereocenters. The summed E-state index contributed by atoms with van der Waals surface area (Å²) in [4.78, 5) is 29.3. The first kappa shape index (κ1) is 26.0. The lowest BCUT2D eigenvalue weighted by molar-refractivity contribution is 0.0600. The number of carbonyl (C=O) groups is 2. The molecule has 1 aromatic heterocycles. The minimum absolute atomic E-state index is 0.0489. The standard InChI is InChI=1S/C25H24Cl2N4O4S/c1-30-9-11-31(12-10-30)20-6-3-15(24(33)34-2)13-19(20)28-25(36)29-23(32)22-8-7-21(35-22)17-14-16(26)4-5-18(17)27/h3-8,13-14H,9-12H2,1-2H3,(H2,28,29,32,36). The van der Waals surface area contributed by atoms with E-state index in [0.717, 1.165) is 31.9 Å². The average molecular weight is 547 g/mol. The molecule has 2 aromatic carbocycles. The molecular formula is C25H24Cl2N4O4S. The van der Waals surface area contributed by atoms with E-state index in [9.17, 15) is 9.59 Å². The first-order valence-electron chi connectivity index (χ1n) is 11.1. The summed E-state index contributed by atoms with van der Waals surface area (Å²) < 4.78 is 10.5. The number of piperazine rings is 1. The van der Waals surface area contributed by atoms with Crippen LogP contribution >= 0.6 is 35.4 Å². The van der Waals surface area contributed by atoms with Crippen LogP contribution < -0.4 is 15.5 Å². The molecule has 1 fully saturated rings. The molecule has 1 aliphatic rings. The van der Waals surface area contributed by atoms with E-state index in [1.54, 1.807) is 36.4 Å². The van der Waals surface area contributed by atoms with E-state index in [2.05, 4.69) is 27.5 Å². The highest BCUT2D eigenvalue weighted by Crippen LogP contribution is 2.32. The first-order chi connectivity index (χ1) is 17.2. The van der Waals surface area contributed by atoms with E-state index in [1.165, 1.54) is 13.2 Å². The molecule has 0 bridgehead atoms. The van der Waals surface area contributed by atoms with Crippen molar-refractivity contribution in [3.8, 4) is 11.3 Å². The SMILES string of the molecule is COC(=O)c1ccc(N2CCN(C)CC2)c(NC(=S)NC(=O)c2ccc(-c3cc(Cl)ccc3Cl)o2)c1. The summed E-state index contributed by atoms with van der Waals surface area (Å²) in [5.74, 6) is -0.564. The van der Waals surface area contributed by atoms with Gasteiger partial charge in [-0.15, -0.1) is 0 Å². The largest absolute Gasteiger partial charge is 0.465 e. The number of likely N-dealkylation sites (N-methyl/N-ethyl adjacent to an activating group) is 1. The van der Waals surface area contributed by atoms with Crippen molar-refractivity contribution < 1.29 is 18.7 Å². The second-order valence-electron chi connectivity index (χ2n) is 8.21. The van der Waals surface area contributed by atoms with Gasteiger partial charge in [0, 0.05) is 36.8 Å². The minimum Gasteiger partial charge on any atom is -0.465 e. The quantitative estimate of drug-likeness (QED) is 0.344. The zero-order valence-electron chi connectivity index (χ0n) is 19.6. The van der Waals surface area contributed by atoms with Crippen molar-refractivity contribution in [3.05, 3.63) is 69.9 Å². The number of methoxy groups -OCH3 is 1. The van der Waals surface area contributed by atoms with Crippen molar-refractivity contribution in [2.45, 2.75) is 0 Å². The number of halogens is 2.